The van der Waals surface area contributed by atoms with Crippen molar-refractivity contribution >= 4 is 41.1 Å². The fraction of sp³-hybridized carbons (Fsp3) is 0.556. The predicted molar refractivity (Wildman–Crippen MR) is 147 cm³/mol. The van der Waals surface area contributed by atoms with Crippen LogP contribution in [0.1, 0.15) is 50.8 Å². The van der Waals surface area contributed by atoms with Gasteiger partial charge in [0.25, 0.3) is 0 Å². The number of aliphatic hydroxyl groups is 1. The van der Waals surface area contributed by atoms with Gasteiger partial charge in [-0.05, 0) is 57.2 Å². The Morgan fingerprint density at radius 1 is 1.20 bits per heavy atom. The van der Waals surface area contributed by atoms with Gasteiger partial charge in [-0.15, -0.1) is 11.8 Å². The molecule has 2 aliphatic rings. The SMILES string of the molecule is CC(C)(C)OC(=O)N1CCS[C@H]1C(O)O[C@@H](Cc1c(Cl)c[nH+]cc1Cl)c1ccc(OC(F)F)c(OCC2CC2)c1. The minimum absolute atomic E-state index is 0.105. The van der Waals surface area contributed by atoms with E-state index in [0.717, 1.165) is 12.8 Å². The topological polar surface area (TPSA) is 91.6 Å². The van der Waals surface area contributed by atoms with Crippen LogP contribution >= 0.6 is 35.0 Å². The number of pyridine rings is 1. The number of halogens is 4. The van der Waals surface area contributed by atoms with Crippen LogP contribution < -0.4 is 14.5 Å². The number of benzene rings is 1. The first-order valence-corrected chi connectivity index (χ1v) is 14.7. The second-order valence-corrected chi connectivity index (χ2v) is 12.7. The third kappa shape index (κ3) is 8.48. The molecule has 0 radical (unpaired) electrons. The van der Waals surface area contributed by atoms with E-state index in [1.807, 2.05) is 0 Å². The number of rotatable bonds is 11. The van der Waals surface area contributed by atoms with Crippen molar-refractivity contribution in [1.82, 2.24) is 4.90 Å². The summed E-state index contributed by atoms with van der Waals surface area (Å²) < 4.78 is 48.4. The molecule has 8 nitrogen and oxygen atoms in total. The van der Waals surface area contributed by atoms with Crippen LogP contribution in [0, 0.1) is 5.92 Å². The molecule has 40 heavy (non-hydrogen) atoms. The number of nitrogens with one attached hydrogen (secondary N) is 1. The largest absolute Gasteiger partial charge is 0.489 e. The Labute approximate surface area is 246 Å². The second kappa shape index (κ2) is 13.3. The molecule has 2 heterocycles. The van der Waals surface area contributed by atoms with Crippen molar-refractivity contribution in [2.24, 2.45) is 5.92 Å². The minimum Gasteiger partial charge on any atom is -0.489 e. The van der Waals surface area contributed by atoms with Crippen molar-refractivity contribution in [2.45, 2.75) is 70.0 Å². The van der Waals surface area contributed by atoms with Gasteiger partial charge in [0.2, 0.25) is 0 Å². The smallest absolute Gasteiger partial charge is 0.411 e. The fourth-order valence-electron chi connectivity index (χ4n) is 4.10. The van der Waals surface area contributed by atoms with Crippen molar-refractivity contribution in [3.8, 4) is 11.5 Å². The van der Waals surface area contributed by atoms with Crippen molar-refractivity contribution in [1.29, 1.82) is 0 Å². The van der Waals surface area contributed by atoms with Crippen LogP contribution in [0.4, 0.5) is 13.6 Å². The lowest BCUT2D eigenvalue weighted by Crippen LogP contribution is -2.45. The Kier molecular flexibility index (Phi) is 10.3. The first-order valence-electron chi connectivity index (χ1n) is 12.9. The number of alkyl halides is 2. The van der Waals surface area contributed by atoms with Gasteiger partial charge >= 0.3 is 12.7 Å². The van der Waals surface area contributed by atoms with Crippen LogP contribution in [-0.2, 0) is 15.9 Å². The maximum absolute atomic E-state index is 13.1. The molecular formula is C27H33Cl2F2N2O6S+. The molecule has 1 aliphatic carbocycles. The Balaban J connectivity index is 1.62. The fourth-order valence-corrected chi connectivity index (χ4v) is 5.78. The van der Waals surface area contributed by atoms with Crippen LogP contribution in [0.2, 0.25) is 10.0 Å². The molecule has 1 saturated heterocycles. The number of nitrogens with zero attached hydrogens (tertiary/aromatic N) is 1. The number of carbonyl (C=O) groups excluding carboxylic acids is 1. The number of hydrogen-bond acceptors (Lipinski definition) is 7. The number of aromatic amines is 1. The normalized spacial score (nSPS) is 19.0. The number of amides is 1. The lowest BCUT2D eigenvalue weighted by molar-refractivity contribution is -0.377. The zero-order valence-electron chi connectivity index (χ0n) is 22.4. The Bertz CT molecular complexity index is 1160. The summed E-state index contributed by atoms with van der Waals surface area (Å²) in [5.74, 6) is 0.983. The number of ether oxygens (including phenoxy) is 4. The van der Waals surface area contributed by atoms with Crippen LogP contribution in [0.5, 0.6) is 11.5 Å². The average molecular weight is 623 g/mol. The van der Waals surface area contributed by atoms with Gasteiger partial charge in [0.15, 0.2) is 30.2 Å². The summed E-state index contributed by atoms with van der Waals surface area (Å²) in [7, 11) is 0. The van der Waals surface area contributed by atoms with Gasteiger partial charge in [-0.2, -0.15) is 8.78 Å². The lowest BCUT2D eigenvalue weighted by Gasteiger charge is -2.32. The summed E-state index contributed by atoms with van der Waals surface area (Å²) in [6.45, 7) is 3.01. The molecule has 2 aromatic rings. The minimum atomic E-state index is -3.03. The van der Waals surface area contributed by atoms with Gasteiger partial charge in [-0.25, -0.2) is 9.78 Å². The number of carbonyl (C=O) groups is 1. The number of aliphatic hydroxyl groups excluding tert-OH is 1. The highest BCUT2D eigenvalue weighted by Crippen LogP contribution is 2.39. The summed E-state index contributed by atoms with van der Waals surface area (Å²) in [4.78, 5) is 17.1. The van der Waals surface area contributed by atoms with Crippen LogP contribution in [0.3, 0.4) is 0 Å². The summed E-state index contributed by atoms with van der Waals surface area (Å²) in [6, 6.07) is 4.50. The molecule has 2 fully saturated rings. The van der Waals surface area contributed by atoms with Gasteiger partial charge < -0.3 is 24.1 Å². The highest BCUT2D eigenvalue weighted by atomic mass is 35.5. The number of aromatic nitrogens is 1. The third-order valence-corrected chi connectivity index (χ3v) is 8.14. The Morgan fingerprint density at radius 3 is 2.52 bits per heavy atom. The highest BCUT2D eigenvalue weighted by Gasteiger charge is 2.39. The molecule has 2 N–H and O–H groups in total. The standard InChI is InChI=1S/C27H32Cl2F2N2O6S/c1-27(2,3)39-26(35)33-8-9-40-23(33)24(34)37-21(11-17-18(28)12-32-13-19(17)29)16-6-7-20(38-25(30)31)22(10-16)36-14-15-4-5-15/h6-7,10,12-13,15,21,23-25,34H,4-5,8-9,11,14H2,1-3H3/p+1/t21-,23-,24?/m0/s1. The molecule has 1 unspecified atom stereocenters. The quantitative estimate of drug-likeness (QED) is 0.302. The van der Waals surface area contributed by atoms with Crippen molar-refractivity contribution in [3.63, 3.8) is 0 Å². The van der Waals surface area contributed by atoms with Crippen LogP contribution in [0.25, 0.3) is 0 Å². The second-order valence-electron chi connectivity index (χ2n) is 10.6. The molecule has 0 spiro atoms. The van der Waals surface area contributed by atoms with Gasteiger partial charge in [0.1, 0.15) is 21.0 Å². The van der Waals surface area contributed by atoms with E-state index in [9.17, 15) is 18.7 Å². The van der Waals surface area contributed by atoms with Gasteiger partial charge in [-0.1, -0.05) is 29.3 Å². The van der Waals surface area contributed by atoms with E-state index in [1.165, 1.54) is 22.7 Å². The van der Waals surface area contributed by atoms with E-state index < -0.39 is 36.1 Å². The highest BCUT2D eigenvalue weighted by molar-refractivity contribution is 8.00. The summed E-state index contributed by atoms with van der Waals surface area (Å²) in [5, 5.41) is 11.2. The van der Waals surface area contributed by atoms with Crippen molar-refractivity contribution in [2.75, 3.05) is 18.9 Å². The first kappa shape index (κ1) is 30.9. The molecule has 220 valence electrons. The molecule has 0 bridgehead atoms. The van der Waals surface area contributed by atoms with Gasteiger partial charge in [-0.3, -0.25) is 4.90 Å². The summed E-state index contributed by atoms with van der Waals surface area (Å²) >= 11 is 14.2. The zero-order valence-corrected chi connectivity index (χ0v) is 24.7. The Hall–Kier alpha value is -2.05. The van der Waals surface area contributed by atoms with E-state index in [0.29, 0.717) is 46.0 Å². The van der Waals surface area contributed by atoms with Crippen molar-refractivity contribution < 1.29 is 42.6 Å². The Morgan fingerprint density at radius 2 is 1.90 bits per heavy atom. The first-order chi connectivity index (χ1) is 18.9. The molecule has 1 aromatic heterocycles. The molecule has 1 amide bonds. The molecule has 1 saturated carbocycles. The maximum Gasteiger partial charge on any atom is 0.411 e. The third-order valence-electron chi connectivity index (χ3n) is 6.22. The zero-order chi connectivity index (χ0) is 29.0. The number of H-pyrrole nitrogens is 1. The van der Waals surface area contributed by atoms with E-state index in [-0.39, 0.29) is 17.9 Å². The number of hydrogen-bond donors (Lipinski definition) is 1. The maximum atomic E-state index is 13.1. The van der Waals surface area contributed by atoms with Crippen LogP contribution in [0.15, 0.2) is 30.6 Å². The van der Waals surface area contributed by atoms with E-state index in [4.69, 9.17) is 37.4 Å². The molecule has 1 aromatic carbocycles. The predicted octanol–water partition coefficient (Wildman–Crippen LogP) is 6.13. The van der Waals surface area contributed by atoms with E-state index >= 15 is 0 Å². The van der Waals surface area contributed by atoms with Gasteiger partial charge in [0, 0.05) is 24.3 Å². The van der Waals surface area contributed by atoms with E-state index in [1.54, 1.807) is 45.3 Å². The summed E-state index contributed by atoms with van der Waals surface area (Å²) in [6.07, 6.45) is 2.45. The van der Waals surface area contributed by atoms with Gasteiger partial charge in [0.05, 0.1) is 12.7 Å². The molecule has 3 atom stereocenters. The van der Waals surface area contributed by atoms with Crippen LogP contribution in [-0.4, -0.2) is 58.9 Å². The van der Waals surface area contributed by atoms with E-state index in [2.05, 4.69) is 9.72 Å². The molecule has 1 aliphatic heterocycles. The summed E-state index contributed by atoms with van der Waals surface area (Å²) in [5.41, 5.74) is 0.355. The molecular weight excluding hydrogens is 589 g/mol. The number of thioether (sulfide) groups is 1. The monoisotopic (exact) mass is 621 g/mol. The molecule has 4 rings (SSSR count). The average Bonchev–Trinajstić information content (AvgIpc) is 3.56. The molecule has 13 heteroatoms. The lowest BCUT2D eigenvalue weighted by atomic mass is 10.0. The van der Waals surface area contributed by atoms with Crippen molar-refractivity contribution in [3.05, 3.63) is 51.8 Å².